The number of phenols is 1. The van der Waals surface area contributed by atoms with Crippen molar-refractivity contribution in [2.24, 2.45) is 0 Å². The summed E-state index contributed by atoms with van der Waals surface area (Å²) in [4.78, 5) is 0. The first-order valence-electron chi connectivity index (χ1n) is 5.72. The predicted octanol–water partition coefficient (Wildman–Crippen LogP) is 3.47. The van der Waals surface area contributed by atoms with Gasteiger partial charge in [-0.15, -0.1) is 0 Å². The van der Waals surface area contributed by atoms with Gasteiger partial charge in [0.15, 0.2) is 0 Å². The largest absolute Gasteiger partial charge is 0.508 e. The van der Waals surface area contributed by atoms with Gasteiger partial charge in [0, 0.05) is 11.5 Å². The maximum Gasteiger partial charge on any atom is 0.119 e. The zero-order valence-electron chi connectivity index (χ0n) is 9.06. The van der Waals surface area contributed by atoms with Gasteiger partial charge in [0.05, 0.1) is 0 Å². The molecule has 0 aromatic heterocycles. The van der Waals surface area contributed by atoms with Crippen LogP contribution in [0.1, 0.15) is 29.0 Å². The van der Waals surface area contributed by atoms with E-state index < -0.39 is 0 Å². The molecule has 0 heterocycles. The zero-order valence-corrected chi connectivity index (χ0v) is 9.06. The second-order valence-electron chi connectivity index (χ2n) is 4.35. The number of phenolic OH excluding ortho intramolecular Hbond substituents is 1. The van der Waals surface area contributed by atoms with Crippen LogP contribution in [0.15, 0.2) is 48.5 Å². The Morgan fingerprint density at radius 1 is 0.875 bits per heavy atom. The predicted molar refractivity (Wildman–Crippen MR) is 64.7 cm³/mol. The standard InChI is InChI=1S/C15H14O/c16-15-8-4-3-7-14(15)13-10-9-11-5-1-2-6-12(11)13/h1-8,13,16H,9-10H2. The molecule has 0 radical (unpaired) electrons. The fraction of sp³-hybridized carbons (Fsp3) is 0.200. The Morgan fingerprint density at radius 2 is 1.56 bits per heavy atom. The Kier molecular flexibility index (Phi) is 2.17. The van der Waals surface area contributed by atoms with Crippen LogP contribution in [-0.4, -0.2) is 5.11 Å². The van der Waals surface area contributed by atoms with Crippen LogP contribution in [0.25, 0.3) is 0 Å². The SMILES string of the molecule is Oc1ccccc1C1CCc2ccccc21. The molecule has 0 aliphatic heterocycles. The number of aryl methyl sites for hydroxylation is 1. The van der Waals surface area contributed by atoms with E-state index >= 15 is 0 Å². The highest BCUT2D eigenvalue weighted by molar-refractivity contribution is 5.46. The number of hydrogen-bond donors (Lipinski definition) is 1. The van der Waals surface area contributed by atoms with Crippen molar-refractivity contribution in [2.75, 3.05) is 0 Å². The van der Waals surface area contributed by atoms with Crippen molar-refractivity contribution in [3.63, 3.8) is 0 Å². The third-order valence-corrected chi connectivity index (χ3v) is 3.45. The molecule has 0 spiro atoms. The molecule has 1 nitrogen and oxygen atoms in total. The van der Waals surface area contributed by atoms with Crippen LogP contribution in [0.2, 0.25) is 0 Å². The monoisotopic (exact) mass is 210 g/mol. The Morgan fingerprint density at radius 3 is 2.38 bits per heavy atom. The van der Waals surface area contributed by atoms with Gasteiger partial charge in [0.2, 0.25) is 0 Å². The van der Waals surface area contributed by atoms with Crippen LogP contribution in [0.5, 0.6) is 5.75 Å². The molecule has 1 aliphatic carbocycles. The number of rotatable bonds is 1. The minimum Gasteiger partial charge on any atom is -0.508 e. The number of fused-ring (bicyclic) bond motifs is 1. The fourth-order valence-corrected chi connectivity index (χ4v) is 2.66. The van der Waals surface area contributed by atoms with Crippen molar-refractivity contribution in [3.8, 4) is 5.75 Å². The average Bonchev–Trinajstić information content (AvgIpc) is 2.74. The normalized spacial score (nSPS) is 18.4. The molecule has 2 aromatic rings. The molecule has 1 N–H and O–H groups in total. The lowest BCUT2D eigenvalue weighted by atomic mass is 9.92. The van der Waals surface area contributed by atoms with Gasteiger partial charge in [0.1, 0.15) is 5.75 Å². The van der Waals surface area contributed by atoms with Crippen molar-refractivity contribution >= 4 is 0 Å². The molecule has 1 heteroatoms. The summed E-state index contributed by atoms with van der Waals surface area (Å²) in [6.45, 7) is 0. The number of benzene rings is 2. The summed E-state index contributed by atoms with van der Waals surface area (Å²) in [6, 6.07) is 16.2. The van der Waals surface area contributed by atoms with Crippen molar-refractivity contribution in [1.29, 1.82) is 0 Å². The topological polar surface area (TPSA) is 20.2 Å². The second-order valence-corrected chi connectivity index (χ2v) is 4.35. The van der Waals surface area contributed by atoms with E-state index in [1.807, 2.05) is 18.2 Å². The van der Waals surface area contributed by atoms with E-state index in [4.69, 9.17) is 0 Å². The lowest BCUT2D eigenvalue weighted by Gasteiger charge is -2.13. The molecular weight excluding hydrogens is 196 g/mol. The Bertz CT molecular complexity index is 516. The number of hydrogen-bond acceptors (Lipinski definition) is 1. The van der Waals surface area contributed by atoms with Crippen molar-refractivity contribution in [2.45, 2.75) is 18.8 Å². The summed E-state index contributed by atoms with van der Waals surface area (Å²) >= 11 is 0. The van der Waals surface area contributed by atoms with E-state index in [1.165, 1.54) is 11.1 Å². The summed E-state index contributed by atoms with van der Waals surface area (Å²) in [5.41, 5.74) is 3.87. The molecule has 1 unspecified atom stereocenters. The average molecular weight is 210 g/mol. The molecule has 0 saturated heterocycles. The van der Waals surface area contributed by atoms with Gasteiger partial charge in [-0.3, -0.25) is 0 Å². The van der Waals surface area contributed by atoms with E-state index in [1.54, 1.807) is 6.07 Å². The van der Waals surface area contributed by atoms with E-state index in [0.717, 1.165) is 18.4 Å². The van der Waals surface area contributed by atoms with Crippen LogP contribution < -0.4 is 0 Å². The Labute approximate surface area is 95.4 Å². The number of para-hydroxylation sites is 1. The third kappa shape index (κ3) is 1.40. The summed E-state index contributed by atoms with van der Waals surface area (Å²) in [6.07, 6.45) is 2.23. The van der Waals surface area contributed by atoms with Crippen LogP contribution in [0.3, 0.4) is 0 Å². The maximum atomic E-state index is 9.90. The Balaban J connectivity index is 2.08. The van der Waals surface area contributed by atoms with Crippen molar-refractivity contribution in [3.05, 3.63) is 65.2 Å². The molecule has 0 bridgehead atoms. The van der Waals surface area contributed by atoms with E-state index in [9.17, 15) is 5.11 Å². The molecule has 1 atom stereocenters. The van der Waals surface area contributed by atoms with Crippen LogP contribution in [0.4, 0.5) is 0 Å². The van der Waals surface area contributed by atoms with Gasteiger partial charge >= 0.3 is 0 Å². The highest BCUT2D eigenvalue weighted by atomic mass is 16.3. The summed E-state index contributed by atoms with van der Waals surface area (Å²) < 4.78 is 0. The van der Waals surface area contributed by atoms with Gasteiger partial charge in [-0.2, -0.15) is 0 Å². The summed E-state index contributed by atoms with van der Waals surface area (Å²) in [5, 5.41) is 9.90. The van der Waals surface area contributed by atoms with Gasteiger partial charge < -0.3 is 5.11 Å². The first-order chi connectivity index (χ1) is 7.86. The molecule has 0 saturated carbocycles. The Hall–Kier alpha value is -1.76. The maximum absolute atomic E-state index is 9.90. The highest BCUT2D eigenvalue weighted by Crippen LogP contribution is 2.40. The van der Waals surface area contributed by atoms with Gasteiger partial charge in [-0.1, -0.05) is 42.5 Å². The molecule has 16 heavy (non-hydrogen) atoms. The second kappa shape index (κ2) is 3.67. The molecule has 0 amide bonds. The van der Waals surface area contributed by atoms with Gasteiger partial charge in [-0.25, -0.2) is 0 Å². The van der Waals surface area contributed by atoms with Gasteiger partial charge in [0.25, 0.3) is 0 Å². The minimum atomic E-state index is 0.373. The molecular formula is C15H14O. The smallest absolute Gasteiger partial charge is 0.119 e. The van der Waals surface area contributed by atoms with Crippen LogP contribution in [0, 0.1) is 0 Å². The minimum absolute atomic E-state index is 0.373. The van der Waals surface area contributed by atoms with Gasteiger partial charge in [-0.05, 0) is 30.0 Å². The molecule has 80 valence electrons. The fourth-order valence-electron chi connectivity index (χ4n) is 2.66. The lowest BCUT2D eigenvalue weighted by molar-refractivity contribution is 0.464. The van der Waals surface area contributed by atoms with E-state index in [2.05, 4.69) is 24.3 Å². The third-order valence-electron chi connectivity index (χ3n) is 3.45. The molecule has 2 aromatic carbocycles. The van der Waals surface area contributed by atoms with Crippen LogP contribution in [-0.2, 0) is 6.42 Å². The quantitative estimate of drug-likeness (QED) is 0.764. The number of aromatic hydroxyl groups is 1. The zero-order chi connectivity index (χ0) is 11.0. The molecule has 3 rings (SSSR count). The molecule has 1 aliphatic rings. The molecule has 0 fully saturated rings. The highest BCUT2D eigenvalue weighted by Gasteiger charge is 2.24. The summed E-state index contributed by atoms with van der Waals surface area (Å²) in [7, 11) is 0. The lowest BCUT2D eigenvalue weighted by Crippen LogP contribution is -1.96. The first-order valence-corrected chi connectivity index (χ1v) is 5.72. The van der Waals surface area contributed by atoms with Crippen molar-refractivity contribution in [1.82, 2.24) is 0 Å². The van der Waals surface area contributed by atoms with E-state index in [0.29, 0.717) is 11.7 Å². The first kappa shape index (κ1) is 9.46. The van der Waals surface area contributed by atoms with Crippen molar-refractivity contribution < 1.29 is 5.11 Å². The van der Waals surface area contributed by atoms with Crippen LogP contribution >= 0.6 is 0 Å². The summed E-state index contributed by atoms with van der Waals surface area (Å²) in [5.74, 6) is 0.793. The van der Waals surface area contributed by atoms with E-state index in [-0.39, 0.29) is 0 Å².